The topological polar surface area (TPSA) is 67.3 Å². The highest BCUT2D eigenvalue weighted by Crippen LogP contribution is 2.31. The minimum absolute atomic E-state index is 0.0582. The molecule has 0 aliphatic carbocycles. The van der Waals surface area contributed by atoms with Gasteiger partial charge in [0.2, 0.25) is 5.91 Å². The molecular weight excluding hydrogens is 292 g/mol. The molecule has 1 N–H and O–H groups in total. The molecule has 0 saturated carbocycles. The van der Waals surface area contributed by atoms with Gasteiger partial charge in [0.1, 0.15) is 17.6 Å². The number of hydrogen-bond acceptors (Lipinski definition) is 5. The monoisotopic (exact) mass is 310 g/mol. The zero-order valence-electron chi connectivity index (χ0n) is 12.0. The van der Waals surface area contributed by atoms with Gasteiger partial charge in [-0.2, -0.15) is 0 Å². The summed E-state index contributed by atoms with van der Waals surface area (Å²) in [4.78, 5) is 22.8. The second-order valence-corrected chi connectivity index (χ2v) is 5.74. The van der Waals surface area contributed by atoms with Gasteiger partial charge in [-0.05, 0) is 19.8 Å². The van der Waals surface area contributed by atoms with E-state index in [9.17, 15) is 4.79 Å². The van der Waals surface area contributed by atoms with Crippen LogP contribution in [0.4, 0.5) is 5.82 Å². The number of carbonyl (C=O) groups is 1. The van der Waals surface area contributed by atoms with E-state index in [1.807, 2.05) is 6.92 Å². The Labute approximate surface area is 128 Å². The molecule has 2 aliphatic rings. The molecule has 7 heteroatoms. The Hall–Kier alpha value is -1.40. The average Bonchev–Trinajstić information content (AvgIpc) is 2.86. The molecule has 2 saturated heterocycles. The number of piperidine rings is 1. The van der Waals surface area contributed by atoms with E-state index in [1.54, 1.807) is 6.07 Å². The number of anilines is 1. The van der Waals surface area contributed by atoms with Gasteiger partial charge >= 0.3 is 0 Å². The summed E-state index contributed by atoms with van der Waals surface area (Å²) in [6, 6.07) is 1.93. The highest BCUT2D eigenvalue weighted by atomic mass is 35.5. The highest BCUT2D eigenvalue weighted by molar-refractivity contribution is 6.29. The summed E-state index contributed by atoms with van der Waals surface area (Å²) in [5.74, 6) is 1.58. The lowest BCUT2D eigenvalue weighted by molar-refractivity contribution is -0.122. The van der Waals surface area contributed by atoms with E-state index in [-0.39, 0.29) is 17.9 Å². The quantitative estimate of drug-likeness (QED) is 0.851. The van der Waals surface area contributed by atoms with E-state index >= 15 is 0 Å². The summed E-state index contributed by atoms with van der Waals surface area (Å²) in [5, 5.41) is 3.35. The van der Waals surface area contributed by atoms with Crippen molar-refractivity contribution in [3.8, 4) is 0 Å². The molecule has 21 heavy (non-hydrogen) atoms. The van der Waals surface area contributed by atoms with Gasteiger partial charge in [0, 0.05) is 25.8 Å². The third-order valence-corrected chi connectivity index (χ3v) is 4.25. The Kier molecular flexibility index (Phi) is 4.26. The molecule has 2 aliphatic heterocycles. The summed E-state index contributed by atoms with van der Waals surface area (Å²) < 4.78 is 5.35. The first-order valence-corrected chi connectivity index (χ1v) is 7.72. The van der Waals surface area contributed by atoms with Crippen LogP contribution in [-0.2, 0) is 16.1 Å². The average molecular weight is 311 g/mol. The molecule has 3 rings (SSSR count). The molecule has 3 heterocycles. The van der Waals surface area contributed by atoms with Crippen LogP contribution in [0.5, 0.6) is 0 Å². The van der Waals surface area contributed by atoms with Crippen molar-refractivity contribution in [2.45, 2.75) is 32.4 Å². The fourth-order valence-electron chi connectivity index (χ4n) is 3.09. The van der Waals surface area contributed by atoms with Crippen LogP contribution in [0.3, 0.4) is 0 Å². The molecule has 0 spiro atoms. The summed E-state index contributed by atoms with van der Waals surface area (Å²) in [6.07, 6.45) is 1.93. The van der Waals surface area contributed by atoms with Crippen molar-refractivity contribution in [3.05, 3.63) is 17.0 Å². The van der Waals surface area contributed by atoms with E-state index < -0.39 is 0 Å². The lowest BCUT2D eigenvalue weighted by atomic mass is 9.91. The summed E-state index contributed by atoms with van der Waals surface area (Å²) in [7, 11) is 0. The van der Waals surface area contributed by atoms with Gasteiger partial charge in [0.15, 0.2) is 5.82 Å². The third-order valence-electron chi connectivity index (χ3n) is 4.06. The largest absolute Gasteiger partial charge is 0.374 e. The highest BCUT2D eigenvalue weighted by Gasteiger charge is 2.41. The number of amides is 1. The van der Waals surface area contributed by atoms with Crippen LogP contribution in [0.25, 0.3) is 0 Å². The van der Waals surface area contributed by atoms with Gasteiger partial charge in [0.25, 0.3) is 0 Å². The van der Waals surface area contributed by atoms with Crippen molar-refractivity contribution in [3.63, 3.8) is 0 Å². The van der Waals surface area contributed by atoms with Crippen molar-refractivity contribution in [1.82, 2.24) is 15.3 Å². The molecule has 2 fully saturated rings. The Morgan fingerprint density at radius 1 is 1.52 bits per heavy atom. The predicted octanol–water partition coefficient (Wildman–Crippen LogP) is 1.38. The molecular formula is C14H19ClN4O2. The van der Waals surface area contributed by atoms with Crippen LogP contribution in [0, 0.1) is 5.92 Å². The second-order valence-electron chi connectivity index (χ2n) is 5.36. The molecule has 114 valence electrons. The Morgan fingerprint density at radius 3 is 3.19 bits per heavy atom. The standard InChI is InChI=1S/C14H19ClN4O2/c1-2-21-8-12-17-11(15)6-13(18-12)19-5-3-4-9-10(19)7-16-14(9)20/h6,9-10H,2-5,7-8H2,1H3,(H,16,20). The second kappa shape index (κ2) is 6.15. The molecule has 6 nitrogen and oxygen atoms in total. The Morgan fingerprint density at radius 2 is 2.38 bits per heavy atom. The minimum Gasteiger partial charge on any atom is -0.374 e. The van der Waals surface area contributed by atoms with Crippen molar-refractivity contribution in [2.24, 2.45) is 5.92 Å². The molecule has 0 aromatic carbocycles. The fraction of sp³-hybridized carbons (Fsp3) is 0.643. The number of rotatable bonds is 4. The lowest BCUT2D eigenvalue weighted by Gasteiger charge is -2.36. The normalized spacial score (nSPS) is 24.9. The number of nitrogens with one attached hydrogen (secondary N) is 1. The molecule has 1 aromatic heterocycles. The zero-order valence-corrected chi connectivity index (χ0v) is 12.8. The number of halogens is 1. The third kappa shape index (κ3) is 2.96. The number of ether oxygens (including phenoxy) is 1. The zero-order chi connectivity index (χ0) is 14.8. The first-order chi connectivity index (χ1) is 10.2. The van der Waals surface area contributed by atoms with Crippen LogP contribution >= 0.6 is 11.6 Å². The van der Waals surface area contributed by atoms with E-state index in [0.717, 1.165) is 25.2 Å². The van der Waals surface area contributed by atoms with E-state index in [0.29, 0.717) is 30.7 Å². The van der Waals surface area contributed by atoms with Gasteiger partial charge < -0.3 is 15.0 Å². The number of hydrogen-bond donors (Lipinski definition) is 1. The smallest absolute Gasteiger partial charge is 0.225 e. The first kappa shape index (κ1) is 14.5. The van der Waals surface area contributed by atoms with Gasteiger partial charge in [-0.15, -0.1) is 0 Å². The molecule has 1 amide bonds. The van der Waals surface area contributed by atoms with Gasteiger partial charge in [-0.25, -0.2) is 9.97 Å². The maximum Gasteiger partial charge on any atom is 0.225 e. The van der Waals surface area contributed by atoms with Gasteiger partial charge in [-0.1, -0.05) is 11.6 Å². The summed E-state index contributed by atoms with van der Waals surface area (Å²) in [5.41, 5.74) is 0. The van der Waals surface area contributed by atoms with Crippen molar-refractivity contribution >= 4 is 23.3 Å². The number of carbonyl (C=O) groups excluding carboxylic acids is 1. The van der Waals surface area contributed by atoms with Gasteiger partial charge in [-0.3, -0.25) is 4.79 Å². The Bertz CT molecular complexity index is 540. The lowest BCUT2D eigenvalue weighted by Crippen LogP contribution is -2.46. The fourth-order valence-corrected chi connectivity index (χ4v) is 3.29. The number of aromatic nitrogens is 2. The minimum atomic E-state index is 0.0582. The predicted molar refractivity (Wildman–Crippen MR) is 79.2 cm³/mol. The van der Waals surface area contributed by atoms with Crippen molar-refractivity contribution < 1.29 is 9.53 Å². The SMILES string of the molecule is CCOCc1nc(Cl)cc(N2CCCC3C(=O)NCC32)n1. The van der Waals surface area contributed by atoms with Crippen LogP contribution < -0.4 is 10.2 Å². The van der Waals surface area contributed by atoms with Crippen molar-refractivity contribution in [2.75, 3.05) is 24.6 Å². The first-order valence-electron chi connectivity index (χ1n) is 7.34. The molecule has 2 unspecified atom stereocenters. The summed E-state index contributed by atoms with van der Waals surface area (Å²) >= 11 is 6.10. The maximum absolute atomic E-state index is 11.8. The van der Waals surface area contributed by atoms with Crippen LogP contribution in [0.15, 0.2) is 6.07 Å². The Balaban J connectivity index is 1.85. The maximum atomic E-state index is 11.8. The van der Waals surface area contributed by atoms with Crippen molar-refractivity contribution in [1.29, 1.82) is 0 Å². The van der Waals surface area contributed by atoms with Crippen LogP contribution in [0.1, 0.15) is 25.6 Å². The number of fused-ring (bicyclic) bond motifs is 1. The molecule has 0 radical (unpaired) electrons. The van der Waals surface area contributed by atoms with Gasteiger partial charge in [0.05, 0.1) is 12.0 Å². The summed E-state index contributed by atoms with van der Waals surface area (Å²) in [6.45, 7) is 4.45. The number of nitrogens with zero attached hydrogens (tertiary/aromatic N) is 3. The molecule has 2 atom stereocenters. The van der Waals surface area contributed by atoms with E-state index in [2.05, 4.69) is 20.2 Å². The van der Waals surface area contributed by atoms with Crippen LogP contribution in [0.2, 0.25) is 5.15 Å². The van der Waals surface area contributed by atoms with Crippen LogP contribution in [-0.4, -0.2) is 41.6 Å². The van der Waals surface area contributed by atoms with E-state index in [4.69, 9.17) is 16.3 Å². The van der Waals surface area contributed by atoms with E-state index in [1.165, 1.54) is 0 Å². The molecule has 1 aromatic rings. The molecule has 0 bridgehead atoms.